The van der Waals surface area contributed by atoms with Crippen molar-refractivity contribution in [1.82, 2.24) is 9.55 Å². The lowest BCUT2D eigenvalue weighted by Crippen LogP contribution is -2.14. The third kappa shape index (κ3) is 2.89. The molecule has 0 saturated carbocycles. The Hall–Kier alpha value is -1.55. The summed E-state index contributed by atoms with van der Waals surface area (Å²) in [6.45, 7) is 7.39. The Kier molecular flexibility index (Phi) is 4.10. The molecular formula is C15H23N3O. The smallest absolute Gasteiger partial charge is 0.126 e. The minimum atomic E-state index is -0.0643. The van der Waals surface area contributed by atoms with Crippen molar-refractivity contribution in [1.29, 1.82) is 0 Å². The molecule has 0 fully saturated rings. The van der Waals surface area contributed by atoms with Crippen molar-refractivity contribution < 1.29 is 4.74 Å². The van der Waals surface area contributed by atoms with Gasteiger partial charge in [-0.15, -0.1) is 0 Å². The van der Waals surface area contributed by atoms with Crippen LogP contribution < -0.4 is 10.5 Å². The van der Waals surface area contributed by atoms with E-state index in [2.05, 4.69) is 29.5 Å². The molecule has 1 aromatic carbocycles. The number of ether oxygens (including phenoxy) is 1. The second kappa shape index (κ2) is 5.61. The summed E-state index contributed by atoms with van der Waals surface area (Å²) in [4.78, 5) is 4.66. The molecule has 0 radical (unpaired) electrons. The van der Waals surface area contributed by atoms with Crippen molar-refractivity contribution in [3.63, 3.8) is 0 Å². The maximum atomic E-state index is 6.04. The zero-order chi connectivity index (χ0) is 14.0. The van der Waals surface area contributed by atoms with Crippen molar-refractivity contribution in [3.8, 4) is 5.75 Å². The topological polar surface area (TPSA) is 53.1 Å². The van der Waals surface area contributed by atoms with Crippen LogP contribution in [0.1, 0.15) is 39.1 Å². The van der Waals surface area contributed by atoms with Gasteiger partial charge >= 0.3 is 0 Å². The largest absolute Gasteiger partial charge is 0.497 e. The van der Waals surface area contributed by atoms with Gasteiger partial charge in [-0.2, -0.15) is 0 Å². The first kappa shape index (κ1) is 13.9. The highest BCUT2D eigenvalue weighted by Crippen LogP contribution is 2.24. The minimum absolute atomic E-state index is 0.0643. The van der Waals surface area contributed by atoms with Crippen LogP contribution in [0.15, 0.2) is 18.2 Å². The summed E-state index contributed by atoms with van der Waals surface area (Å²) in [5.41, 5.74) is 8.13. The fraction of sp³-hybridized carbons (Fsp3) is 0.533. The van der Waals surface area contributed by atoms with Crippen LogP contribution in [-0.2, 0) is 6.54 Å². The predicted octanol–water partition coefficient (Wildman–Crippen LogP) is 3.11. The molecule has 0 saturated heterocycles. The Bertz CT molecular complexity index is 558. The summed E-state index contributed by atoms with van der Waals surface area (Å²) in [6, 6.07) is 5.94. The van der Waals surface area contributed by atoms with Gasteiger partial charge in [0, 0.05) is 12.6 Å². The van der Waals surface area contributed by atoms with Crippen molar-refractivity contribution >= 4 is 11.0 Å². The number of imidazole rings is 1. The number of fused-ring (bicyclic) bond motifs is 1. The first-order valence-electron chi connectivity index (χ1n) is 6.82. The molecule has 4 nitrogen and oxygen atoms in total. The fourth-order valence-electron chi connectivity index (χ4n) is 2.23. The summed E-state index contributed by atoms with van der Waals surface area (Å²) < 4.78 is 7.49. The number of nitrogens with zero attached hydrogens (tertiary/aromatic N) is 2. The zero-order valence-electron chi connectivity index (χ0n) is 12.2. The molecule has 1 aromatic heterocycles. The van der Waals surface area contributed by atoms with Gasteiger partial charge in [0.2, 0.25) is 0 Å². The van der Waals surface area contributed by atoms with Crippen molar-refractivity contribution in [2.24, 2.45) is 11.7 Å². The Morgan fingerprint density at radius 3 is 2.63 bits per heavy atom. The van der Waals surface area contributed by atoms with Crippen molar-refractivity contribution in [2.75, 3.05) is 7.11 Å². The fourth-order valence-corrected chi connectivity index (χ4v) is 2.23. The van der Waals surface area contributed by atoms with Gasteiger partial charge in [-0.3, -0.25) is 0 Å². The molecule has 4 heteroatoms. The van der Waals surface area contributed by atoms with E-state index in [0.717, 1.165) is 35.6 Å². The molecule has 0 aliphatic heterocycles. The molecule has 0 spiro atoms. The number of aryl methyl sites for hydroxylation is 1. The van der Waals surface area contributed by atoms with E-state index >= 15 is 0 Å². The first-order chi connectivity index (χ1) is 9.02. The highest BCUT2D eigenvalue weighted by Gasteiger charge is 2.14. The number of methoxy groups -OCH3 is 1. The predicted molar refractivity (Wildman–Crippen MR) is 78.3 cm³/mol. The maximum Gasteiger partial charge on any atom is 0.126 e. The van der Waals surface area contributed by atoms with E-state index in [1.165, 1.54) is 0 Å². The summed E-state index contributed by atoms with van der Waals surface area (Å²) >= 11 is 0. The molecule has 2 aromatic rings. The second-order valence-electron chi connectivity index (χ2n) is 5.45. The third-order valence-corrected chi connectivity index (χ3v) is 3.32. The van der Waals surface area contributed by atoms with Crippen LogP contribution in [0.2, 0.25) is 0 Å². The zero-order valence-corrected chi connectivity index (χ0v) is 12.2. The van der Waals surface area contributed by atoms with Gasteiger partial charge in [-0.25, -0.2) is 4.98 Å². The third-order valence-electron chi connectivity index (χ3n) is 3.32. The monoisotopic (exact) mass is 261 g/mol. The van der Waals surface area contributed by atoms with E-state index in [9.17, 15) is 0 Å². The van der Waals surface area contributed by atoms with Gasteiger partial charge in [-0.05, 0) is 31.4 Å². The van der Waals surface area contributed by atoms with Crippen LogP contribution in [-0.4, -0.2) is 16.7 Å². The second-order valence-corrected chi connectivity index (χ2v) is 5.45. The molecule has 2 rings (SSSR count). The Labute approximate surface area is 114 Å². The average molecular weight is 261 g/mol. The van der Waals surface area contributed by atoms with Gasteiger partial charge in [0.05, 0.1) is 24.2 Å². The molecule has 0 aliphatic rings. The van der Waals surface area contributed by atoms with Crippen LogP contribution in [0.4, 0.5) is 0 Å². The van der Waals surface area contributed by atoms with E-state index in [-0.39, 0.29) is 6.04 Å². The number of benzene rings is 1. The van der Waals surface area contributed by atoms with Gasteiger partial charge in [0.1, 0.15) is 11.6 Å². The highest BCUT2D eigenvalue weighted by atomic mass is 16.5. The van der Waals surface area contributed by atoms with Crippen molar-refractivity contribution in [2.45, 2.75) is 39.8 Å². The first-order valence-corrected chi connectivity index (χ1v) is 6.82. The lowest BCUT2D eigenvalue weighted by Gasteiger charge is -2.12. The van der Waals surface area contributed by atoms with Gasteiger partial charge in [0.25, 0.3) is 0 Å². The molecule has 19 heavy (non-hydrogen) atoms. The molecule has 1 atom stereocenters. The molecule has 2 N–H and O–H groups in total. The Morgan fingerprint density at radius 2 is 2.05 bits per heavy atom. The highest BCUT2D eigenvalue weighted by molar-refractivity contribution is 5.78. The number of nitrogens with two attached hydrogens (primary N) is 1. The Balaban J connectivity index is 2.47. The van der Waals surface area contributed by atoms with Crippen LogP contribution in [0.5, 0.6) is 5.75 Å². The van der Waals surface area contributed by atoms with Crippen LogP contribution in [0.25, 0.3) is 11.0 Å². The molecule has 0 amide bonds. The summed E-state index contributed by atoms with van der Waals surface area (Å²) in [6.07, 6.45) is 1.12. The van der Waals surface area contributed by atoms with Gasteiger partial charge in [0.15, 0.2) is 0 Å². The molecule has 104 valence electrons. The molecule has 0 bridgehead atoms. The van der Waals surface area contributed by atoms with Crippen LogP contribution >= 0.6 is 0 Å². The van der Waals surface area contributed by atoms with Crippen LogP contribution in [0, 0.1) is 5.92 Å². The van der Waals surface area contributed by atoms with E-state index in [1.807, 2.05) is 19.1 Å². The van der Waals surface area contributed by atoms with E-state index in [0.29, 0.717) is 5.92 Å². The normalized spacial score (nSPS) is 13.2. The number of hydrogen-bond acceptors (Lipinski definition) is 3. The van der Waals surface area contributed by atoms with Crippen molar-refractivity contribution in [3.05, 3.63) is 24.0 Å². The number of hydrogen-bond donors (Lipinski definition) is 1. The molecular weight excluding hydrogens is 238 g/mol. The van der Waals surface area contributed by atoms with Crippen LogP contribution in [0.3, 0.4) is 0 Å². The van der Waals surface area contributed by atoms with Gasteiger partial charge < -0.3 is 15.0 Å². The summed E-state index contributed by atoms with van der Waals surface area (Å²) in [5, 5.41) is 0. The summed E-state index contributed by atoms with van der Waals surface area (Å²) in [5.74, 6) is 2.44. The van der Waals surface area contributed by atoms with E-state index in [4.69, 9.17) is 10.5 Å². The maximum absolute atomic E-state index is 6.04. The lowest BCUT2D eigenvalue weighted by molar-refractivity contribution is 0.415. The molecule has 1 heterocycles. The Morgan fingerprint density at radius 1 is 1.32 bits per heavy atom. The lowest BCUT2D eigenvalue weighted by atomic mass is 10.1. The van der Waals surface area contributed by atoms with E-state index < -0.39 is 0 Å². The quantitative estimate of drug-likeness (QED) is 0.899. The minimum Gasteiger partial charge on any atom is -0.497 e. The SMILES string of the molecule is COc1ccc2c(c1)nc(C(C)N)n2CCC(C)C. The number of aromatic nitrogens is 2. The number of rotatable bonds is 5. The molecule has 1 unspecified atom stereocenters. The van der Waals surface area contributed by atoms with E-state index in [1.54, 1.807) is 7.11 Å². The molecule has 0 aliphatic carbocycles. The standard InChI is InChI=1S/C15H23N3O/c1-10(2)7-8-18-14-6-5-12(19-4)9-13(14)17-15(18)11(3)16/h5-6,9-11H,7-8,16H2,1-4H3. The van der Waals surface area contributed by atoms with Gasteiger partial charge in [-0.1, -0.05) is 13.8 Å². The average Bonchev–Trinajstić information content (AvgIpc) is 2.73. The summed E-state index contributed by atoms with van der Waals surface area (Å²) in [7, 11) is 1.67.